The number of ether oxygens (including phenoxy) is 1. The molecule has 0 spiro atoms. The lowest BCUT2D eigenvalue weighted by molar-refractivity contribution is -0.116. The highest BCUT2D eigenvalue weighted by Crippen LogP contribution is 2.32. The first-order valence-electron chi connectivity index (χ1n) is 7.18. The number of rotatable bonds is 6. The zero-order valence-corrected chi connectivity index (χ0v) is 12.0. The molecule has 1 aliphatic rings. The summed E-state index contributed by atoms with van der Waals surface area (Å²) in [7, 11) is 0. The van der Waals surface area contributed by atoms with Gasteiger partial charge in [0, 0.05) is 29.5 Å². The molecule has 20 heavy (non-hydrogen) atoms. The molecule has 0 heterocycles. The van der Waals surface area contributed by atoms with Crippen LogP contribution in [0.15, 0.2) is 18.2 Å². The van der Waals surface area contributed by atoms with Crippen molar-refractivity contribution in [2.24, 2.45) is 5.73 Å². The maximum absolute atomic E-state index is 11.4. The lowest BCUT2D eigenvalue weighted by Gasteiger charge is -2.30. The average molecular weight is 277 g/mol. The van der Waals surface area contributed by atoms with Gasteiger partial charge in [0.2, 0.25) is 5.91 Å². The van der Waals surface area contributed by atoms with Gasteiger partial charge < -0.3 is 21.1 Å². The first-order chi connectivity index (χ1) is 9.60. The van der Waals surface area contributed by atoms with Gasteiger partial charge in [0.1, 0.15) is 5.75 Å². The Morgan fingerprint density at radius 1 is 1.35 bits per heavy atom. The minimum Gasteiger partial charge on any atom is -0.494 e. The summed E-state index contributed by atoms with van der Waals surface area (Å²) < 4.78 is 5.52. The molecule has 1 amide bonds. The van der Waals surface area contributed by atoms with Crippen molar-refractivity contribution in [1.82, 2.24) is 0 Å². The predicted octanol–water partition coefficient (Wildman–Crippen LogP) is 1.90. The third kappa shape index (κ3) is 3.56. The summed E-state index contributed by atoms with van der Waals surface area (Å²) in [4.78, 5) is 13.4. The normalized spacial score (nSPS) is 15.2. The molecule has 0 radical (unpaired) electrons. The molecular formula is C15H23N3O2. The van der Waals surface area contributed by atoms with Crippen LogP contribution in [-0.2, 0) is 4.79 Å². The van der Waals surface area contributed by atoms with Gasteiger partial charge in [0.25, 0.3) is 0 Å². The highest BCUT2D eigenvalue weighted by atomic mass is 16.5. The van der Waals surface area contributed by atoms with Gasteiger partial charge in [0.05, 0.1) is 13.2 Å². The first-order valence-corrected chi connectivity index (χ1v) is 7.18. The summed E-state index contributed by atoms with van der Waals surface area (Å²) in [6.07, 6.45) is 4.57. The summed E-state index contributed by atoms with van der Waals surface area (Å²) in [5, 5.41) is 0. The molecule has 1 saturated carbocycles. The number of hydrogen-bond donors (Lipinski definition) is 2. The number of nitrogens with two attached hydrogens (primary N) is 2. The predicted molar refractivity (Wildman–Crippen MR) is 80.8 cm³/mol. The number of benzene rings is 1. The van der Waals surface area contributed by atoms with Gasteiger partial charge in [-0.1, -0.05) is 12.8 Å². The molecule has 1 aliphatic carbocycles. The minimum absolute atomic E-state index is 0.222. The molecule has 0 atom stereocenters. The maximum Gasteiger partial charge on any atom is 0.236 e. The fraction of sp³-hybridized carbons (Fsp3) is 0.533. The van der Waals surface area contributed by atoms with Crippen LogP contribution < -0.4 is 21.1 Å². The van der Waals surface area contributed by atoms with E-state index >= 15 is 0 Å². The lowest BCUT2D eigenvalue weighted by Crippen LogP contribution is -2.40. The minimum atomic E-state index is -0.322. The number of carbonyl (C=O) groups is 1. The molecule has 110 valence electrons. The van der Waals surface area contributed by atoms with Crippen LogP contribution in [0.2, 0.25) is 0 Å². The van der Waals surface area contributed by atoms with E-state index in [1.54, 1.807) is 6.07 Å². The molecule has 1 aromatic carbocycles. The molecule has 0 aliphatic heterocycles. The summed E-state index contributed by atoms with van der Waals surface area (Å²) in [5.41, 5.74) is 12.9. The standard InChI is InChI=1S/C15H23N3O2/c1-2-20-14-8-11(16)7-13(9-14)18(10-15(17)19)12-5-3-4-6-12/h7-9,12H,2-6,10,16H2,1H3,(H2,17,19). The average Bonchev–Trinajstić information content (AvgIpc) is 2.89. The number of nitrogen functional groups attached to an aromatic ring is 1. The van der Waals surface area contributed by atoms with E-state index in [9.17, 15) is 4.79 Å². The van der Waals surface area contributed by atoms with Crippen LogP contribution in [0.4, 0.5) is 11.4 Å². The second-order valence-corrected chi connectivity index (χ2v) is 5.23. The quantitative estimate of drug-likeness (QED) is 0.778. The van der Waals surface area contributed by atoms with E-state index in [0.717, 1.165) is 24.3 Å². The van der Waals surface area contributed by atoms with E-state index in [1.165, 1.54) is 12.8 Å². The van der Waals surface area contributed by atoms with Crippen molar-refractivity contribution in [3.8, 4) is 5.75 Å². The number of primary amides is 1. The van der Waals surface area contributed by atoms with Gasteiger partial charge in [-0.05, 0) is 25.8 Å². The summed E-state index contributed by atoms with van der Waals surface area (Å²) in [6, 6.07) is 5.97. The van der Waals surface area contributed by atoms with Crippen LogP contribution in [0.25, 0.3) is 0 Å². The molecular weight excluding hydrogens is 254 g/mol. The number of amides is 1. The zero-order valence-electron chi connectivity index (χ0n) is 12.0. The van der Waals surface area contributed by atoms with E-state index in [0.29, 0.717) is 18.3 Å². The van der Waals surface area contributed by atoms with E-state index in [2.05, 4.69) is 4.90 Å². The van der Waals surface area contributed by atoms with Crippen molar-refractivity contribution in [1.29, 1.82) is 0 Å². The van der Waals surface area contributed by atoms with Gasteiger partial charge in [-0.2, -0.15) is 0 Å². The fourth-order valence-electron chi connectivity index (χ4n) is 2.84. The van der Waals surface area contributed by atoms with Crippen molar-refractivity contribution in [3.05, 3.63) is 18.2 Å². The summed E-state index contributed by atoms with van der Waals surface area (Å²) >= 11 is 0. The Hall–Kier alpha value is -1.91. The maximum atomic E-state index is 11.4. The molecule has 5 nitrogen and oxygen atoms in total. The summed E-state index contributed by atoms with van der Waals surface area (Å²) in [5.74, 6) is 0.409. The highest BCUT2D eigenvalue weighted by Gasteiger charge is 2.24. The van der Waals surface area contributed by atoms with E-state index in [-0.39, 0.29) is 12.5 Å². The van der Waals surface area contributed by atoms with Gasteiger partial charge in [0.15, 0.2) is 0 Å². The van der Waals surface area contributed by atoms with E-state index < -0.39 is 0 Å². The molecule has 1 aromatic rings. The van der Waals surface area contributed by atoms with Gasteiger partial charge >= 0.3 is 0 Å². The fourth-order valence-corrected chi connectivity index (χ4v) is 2.84. The van der Waals surface area contributed by atoms with Crippen molar-refractivity contribution in [2.45, 2.75) is 38.6 Å². The SMILES string of the molecule is CCOc1cc(N)cc(N(CC(N)=O)C2CCCC2)c1. The Morgan fingerprint density at radius 3 is 2.65 bits per heavy atom. The Balaban J connectivity index is 2.28. The number of anilines is 2. The van der Waals surface area contributed by atoms with Crippen LogP contribution in [0, 0.1) is 0 Å². The highest BCUT2D eigenvalue weighted by molar-refractivity contribution is 5.80. The Kier molecular flexibility index (Phi) is 4.71. The largest absolute Gasteiger partial charge is 0.494 e. The Labute approximate surface area is 119 Å². The topological polar surface area (TPSA) is 81.6 Å². The third-order valence-electron chi connectivity index (χ3n) is 3.65. The van der Waals surface area contributed by atoms with Gasteiger partial charge in [-0.25, -0.2) is 0 Å². The van der Waals surface area contributed by atoms with E-state index in [1.807, 2.05) is 19.1 Å². The molecule has 1 fully saturated rings. The molecule has 4 N–H and O–H groups in total. The Morgan fingerprint density at radius 2 is 2.05 bits per heavy atom. The van der Waals surface area contributed by atoms with Crippen molar-refractivity contribution in [2.75, 3.05) is 23.8 Å². The smallest absolute Gasteiger partial charge is 0.236 e. The van der Waals surface area contributed by atoms with Crippen LogP contribution in [0.5, 0.6) is 5.75 Å². The lowest BCUT2D eigenvalue weighted by atomic mass is 10.1. The van der Waals surface area contributed by atoms with Crippen molar-refractivity contribution < 1.29 is 9.53 Å². The van der Waals surface area contributed by atoms with Crippen LogP contribution >= 0.6 is 0 Å². The molecule has 0 aromatic heterocycles. The van der Waals surface area contributed by atoms with Gasteiger partial charge in [-0.15, -0.1) is 0 Å². The third-order valence-corrected chi connectivity index (χ3v) is 3.65. The van der Waals surface area contributed by atoms with Crippen LogP contribution in [0.1, 0.15) is 32.6 Å². The zero-order chi connectivity index (χ0) is 14.5. The molecule has 0 saturated heterocycles. The van der Waals surface area contributed by atoms with Crippen molar-refractivity contribution in [3.63, 3.8) is 0 Å². The Bertz CT molecular complexity index is 470. The molecule has 2 rings (SSSR count). The second-order valence-electron chi connectivity index (χ2n) is 5.23. The van der Waals surface area contributed by atoms with Gasteiger partial charge in [-0.3, -0.25) is 4.79 Å². The van der Waals surface area contributed by atoms with Crippen molar-refractivity contribution >= 4 is 17.3 Å². The second kappa shape index (κ2) is 6.50. The van der Waals surface area contributed by atoms with Crippen LogP contribution in [-0.4, -0.2) is 25.1 Å². The molecule has 5 heteroatoms. The number of nitrogens with zero attached hydrogens (tertiary/aromatic N) is 1. The first kappa shape index (κ1) is 14.5. The molecule has 0 bridgehead atoms. The van der Waals surface area contributed by atoms with Crippen LogP contribution in [0.3, 0.4) is 0 Å². The number of carbonyl (C=O) groups excluding carboxylic acids is 1. The number of hydrogen-bond acceptors (Lipinski definition) is 4. The molecule has 0 unspecified atom stereocenters. The monoisotopic (exact) mass is 277 g/mol. The van der Waals surface area contributed by atoms with E-state index in [4.69, 9.17) is 16.2 Å². The summed E-state index contributed by atoms with van der Waals surface area (Å²) in [6.45, 7) is 2.74.